The molecule has 0 atom stereocenters. The average molecular weight is 344 g/mol. The molecule has 7 heteroatoms. The Labute approximate surface area is 145 Å². The molecule has 0 aliphatic rings. The standard InChI is InChI=1S/C18H20N2O5/c1-14-7-9-15(10-8-14)24-12-11-19(2)18(21)13-25-17-6-4-3-5-16(17)20(22)23/h3-10H,11-13H2,1-2H3. The fourth-order valence-electron chi connectivity index (χ4n) is 2.04. The van der Waals surface area contributed by atoms with Crippen molar-refractivity contribution in [3.63, 3.8) is 0 Å². The molecule has 0 spiro atoms. The largest absolute Gasteiger partial charge is 0.492 e. The van der Waals surface area contributed by atoms with Gasteiger partial charge in [-0.2, -0.15) is 0 Å². The molecule has 0 aliphatic carbocycles. The first-order valence-corrected chi connectivity index (χ1v) is 7.77. The van der Waals surface area contributed by atoms with Gasteiger partial charge in [-0.15, -0.1) is 0 Å². The molecule has 2 aromatic carbocycles. The topological polar surface area (TPSA) is 81.9 Å². The van der Waals surface area contributed by atoms with Gasteiger partial charge in [-0.3, -0.25) is 14.9 Å². The number of hydrogen-bond donors (Lipinski definition) is 0. The summed E-state index contributed by atoms with van der Waals surface area (Å²) >= 11 is 0. The number of carbonyl (C=O) groups excluding carboxylic acids is 1. The number of rotatable bonds is 8. The Bertz CT molecular complexity index is 731. The highest BCUT2D eigenvalue weighted by Gasteiger charge is 2.16. The molecular weight excluding hydrogens is 324 g/mol. The second-order valence-corrected chi connectivity index (χ2v) is 5.49. The number of nitrogens with zero attached hydrogens (tertiary/aromatic N) is 2. The smallest absolute Gasteiger partial charge is 0.310 e. The van der Waals surface area contributed by atoms with Gasteiger partial charge < -0.3 is 14.4 Å². The Morgan fingerprint density at radius 2 is 1.80 bits per heavy atom. The van der Waals surface area contributed by atoms with Crippen LogP contribution in [0, 0.1) is 17.0 Å². The minimum Gasteiger partial charge on any atom is -0.492 e. The van der Waals surface area contributed by atoms with E-state index in [9.17, 15) is 14.9 Å². The summed E-state index contributed by atoms with van der Waals surface area (Å²) in [6.07, 6.45) is 0. The van der Waals surface area contributed by atoms with Crippen molar-refractivity contribution in [3.8, 4) is 11.5 Å². The molecule has 0 unspecified atom stereocenters. The lowest BCUT2D eigenvalue weighted by atomic mass is 10.2. The maximum absolute atomic E-state index is 12.1. The monoisotopic (exact) mass is 344 g/mol. The minimum atomic E-state index is -0.543. The van der Waals surface area contributed by atoms with E-state index in [1.165, 1.54) is 17.0 Å². The fourth-order valence-corrected chi connectivity index (χ4v) is 2.04. The summed E-state index contributed by atoms with van der Waals surface area (Å²) < 4.78 is 10.9. The zero-order valence-electron chi connectivity index (χ0n) is 14.2. The van der Waals surface area contributed by atoms with Crippen LogP contribution in [0.3, 0.4) is 0 Å². The highest BCUT2D eigenvalue weighted by molar-refractivity contribution is 5.77. The van der Waals surface area contributed by atoms with E-state index >= 15 is 0 Å². The number of nitro benzene ring substituents is 1. The molecule has 25 heavy (non-hydrogen) atoms. The molecule has 132 valence electrons. The van der Waals surface area contributed by atoms with Gasteiger partial charge in [0.15, 0.2) is 12.4 Å². The molecule has 0 saturated carbocycles. The van der Waals surface area contributed by atoms with Crippen LogP contribution in [0.2, 0.25) is 0 Å². The van der Waals surface area contributed by atoms with Crippen molar-refractivity contribution in [2.75, 3.05) is 26.8 Å². The molecule has 0 fully saturated rings. The van der Waals surface area contributed by atoms with Crippen LogP contribution in [0.15, 0.2) is 48.5 Å². The summed E-state index contributed by atoms with van der Waals surface area (Å²) in [6, 6.07) is 13.6. The van der Waals surface area contributed by atoms with Crippen molar-refractivity contribution < 1.29 is 19.2 Å². The number of hydrogen-bond acceptors (Lipinski definition) is 5. The van der Waals surface area contributed by atoms with Crippen molar-refractivity contribution in [2.24, 2.45) is 0 Å². The van der Waals surface area contributed by atoms with Gasteiger partial charge >= 0.3 is 5.69 Å². The number of likely N-dealkylation sites (N-methyl/N-ethyl adjacent to an activating group) is 1. The summed E-state index contributed by atoms with van der Waals surface area (Å²) in [5, 5.41) is 10.9. The van der Waals surface area contributed by atoms with Gasteiger partial charge in [-0.1, -0.05) is 29.8 Å². The van der Waals surface area contributed by atoms with Gasteiger partial charge in [0, 0.05) is 13.1 Å². The quantitative estimate of drug-likeness (QED) is 0.543. The fraction of sp³-hybridized carbons (Fsp3) is 0.278. The van der Waals surface area contributed by atoms with Gasteiger partial charge in [0.05, 0.1) is 11.5 Å². The van der Waals surface area contributed by atoms with Crippen LogP contribution in [0.4, 0.5) is 5.69 Å². The van der Waals surface area contributed by atoms with Crippen LogP contribution in [-0.2, 0) is 4.79 Å². The van der Waals surface area contributed by atoms with Crippen LogP contribution in [0.25, 0.3) is 0 Å². The predicted octanol–water partition coefficient (Wildman–Crippen LogP) is 2.82. The Balaban J connectivity index is 1.78. The van der Waals surface area contributed by atoms with E-state index in [2.05, 4.69) is 0 Å². The molecule has 0 saturated heterocycles. The second kappa shape index (κ2) is 8.68. The number of aryl methyl sites for hydroxylation is 1. The number of amides is 1. The third-order valence-electron chi connectivity index (χ3n) is 3.56. The van der Waals surface area contributed by atoms with Crippen LogP contribution in [0.5, 0.6) is 11.5 Å². The third-order valence-corrected chi connectivity index (χ3v) is 3.56. The molecule has 0 aromatic heterocycles. The first kappa shape index (κ1) is 18.3. The van der Waals surface area contributed by atoms with Crippen LogP contribution < -0.4 is 9.47 Å². The van der Waals surface area contributed by atoms with Crippen molar-refractivity contribution in [3.05, 3.63) is 64.2 Å². The molecule has 2 rings (SSSR count). The molecule has 2 aromatic rings. The molecule has 1 amide bonds. The lowest BCUT2D eigenvalue weighted by Gasteiger charge is -2.17. The summed E-state index contributed by atoms with van der Waals surface area (Å²) in [5.74, 6) is 0.526. The number of nitro groups is 1. The average Bonchev–Trinajstić information content (AvgIpc) is 2.61. The highest BCUT2D eigenvalue weighted by Crippen LogP contribution is 2.25. The zero-order chi connectivity index (χ0) is 18.2. The molecular formula is C18H20N2O5. The van der Waals surface area contributed by atoms with Crippen molar-refractivity contribution in [2.45, 2.75) is 6.92 Å². The van der Waals surface area contributed by atoms with Crippen LogP contribution in [-0.4, -0.2) is 42.5 Å². The maximum Gasteiger partial charge on any atom is 0.310 e. The lowest BCUT2D eigenvalue weighted by Crippen LogP contribution is -2.34. The van der Waals surface area contributed by atoms with Gasteiger partial charge in [0.25, 0.3) is 5.91 Å². The zero-order valence-corrected chi connectivity index (χ0v) is 14.2. The van der Waals surface area contributed by atoms with Gasteiger partial charge in [0.2, 0.25) is 0 Å². The van der Waals surface area contributed by atoms with Crippen molar-refractivity contribution >= 4 is 11.6 Å². The molecule has 0 aliphatic heterocycles. The van der Waals surface area contributed by atoms with E-state index in [0.717, 1.165) is 11.3 Å². The summed E-state index contributed by atoms with van der Waals surface area (Å²) in [4.78, 5) is 23.9. The minimum absolute atomic E-state index is 0.0742. The highest BCUT2D eigenvalue weighted by atomic mass is 16.6. The Morgan fingerprint density at radius 3 is 2.48 bits per heavy atom. The predicted molar refractivity (Wildman–Crippen MR) is 92.9 cm³/mol. The molecule has 0 N–H and O–H groups in total. The van der Waals surface area contributed by atoms with Gasteiger partial charge in [0.1, 0.15) is 12.4 Å². The molecule has 0 radical (unpaired) electrons. The number of carbonyl (C=O) groups is 1. The van der Waals surface area contributed by atoms with E-state index in [1.54, 1.807) is 19.2 Å². The molecule has 0 heterocycles. The number of para-hydroxylation sites is 2. The first-order valence-electron chi connectivity index (χ1n) is 7.77. The second-order valence-electron chi connectivity index (χ2n) is 5.49. The normalized spacial score (nSPS) is 10.2. The Kier molecular flexibility index (Phi) is 6.33. The van der Waals surface area contributed by atoms with E-state index in [-0.39, 0.29) is 24.0 Å². The third kappa shape index (κ3) is 5.49. The number of benzene rings is 2. The number of ether oxygens (including phenoxy) is 2. The van der Waals surface area contributed by atoms with Crippen LogP contribution in [0.1, 0.15) is 5.56 Å². The summed E-state index contributed by atoms with van der Waals surface area (Å²) in [6.45, 7) is 2.45. The SMILES string of the molecule is Cc1ccc(OCCN(C)C(=O)COc2ccccc2[N+](=O)[O-])cc1. The maximum atomic E-state index is 12.1. The van der Waals surface area contributed by atoms with Crippen molar-refractivity contribution in [1.29, 1.82) is 0 Å². The summed E-state index contributed by atoms with van der Waals surface area (Å²) in [5.41, 5.74) is 0.979. The Hall–Kier alpha value is -3.09. The van der Waals surface area contributed by atoms with Crippen LogP contribution >= 0.6 is 0 Å². The van der Waals surface area contributed by atoms with E-state index < -0.39 is 4.92 Å². The summed E-state index contributed by atoms with van der Waals surface area (Å²) in [7, 11) is 1.63. The lowest BCUT2D eigenvalue weighted by molar-refractivity contribution is -0.385. The van der Waals surface area contributed by atoms with E-state index in [1.807, 2.05) is 31.2 Å². The molecule has 0 bridgehead atoms. The van der Waals surface area contributed by atoms with E-state index in [0.29, 0.717) is 13.2 Å². The molecule has 7 nitrogen and oxygen atoms in total. The van der Waals surface area contributed by atoms with Crippen molar-refractivity contribution in [1.82, 2.24) is 4.90 Å². The van der Waals surface area contributed by atoms with E-state index in [4.69, 9.17) is 9.47 Å². The first-order chi connectivity index (χ1) is 12.0. The Morgan fingerprint density at radius 1 is 1.12 bits per heavy atom. The van der Waals surface area contributed by atoms with Gasteiger partial charge in [-0.25, -0.2) is 0 Å². The van der Waals surface area contributed by atoms with Gasteiger partial charge in [-0.05, 0) is 25.1 Å².